The van der Waals surface area contributed by atoms with Gasteiger partial charge in [0.25, 0.3) is 0 Å². The maximum Gasteiger partial charge on any atom is 0.166 e. The average Bonchev–Trinajstić information content (AvgIpc) is 1.55. The number of aromatic nitrogens is 10. The highest BCUT2D eigenvalue weighted by molar-refractivity contribution is 6.20. The first-order valence-electron chi connectivity index (χ1n) is 45.2. The third kappa shape index (κ3) is 13.4. The van der Waals surface area contributed by atoms with Crippen LogP contribution in [0.1, 0.15) is 16.7 Å². The third-order valence-electron chi connectivity index (χ3n) is 26.4. The van der Waals surface area contributed by atoms with Gasteiger partial charge in [-0.05, 0) is 207 Å². The third-order valence-corrected chi connectivity index (χ3v) is 26.4. The highest BCUT2D eigenvalue weighted by Crippen LogP contribution is 2.50. The molecular formula is C123H73N13. The normalized spacial score (nSPS) is 11.5. The summed E-state index contributed by atoms with van der Waals surface area (Å²) < 4.78 is 9.45. The van der Waals surface area contributed by atoms with Crippen molar-refractivity contribution in [3.05, 3.63) is 460 Å². The van der Waals surface area contributed by atoms with Gasteiger partial charge in [-0.1, -0.05) is 297 Å². The summed E-state index contributed by atoms with van der Waals surface area (Å²) in [5.74, 6) is 3.08. The second-order valence-electron chi connectivity index (χ2n) is 34.1. The fraction of sp³-hybridized carbons (Fsp3) is 0. The van der Waals surface area contributed by atoms with E-state index in [9.17, 15) is 15.8 Å². The molecule has 0 aliphatic carbocycles. The predicted octanol–water partition coefficient (Wildman–Crippen LogP) is 30.1. The van der Waals surface area contributed by atoms with Gasteiger partial charge in [-0.3, -0.25) is 0 Å². The van der Waals surface area contributed by atoms with E-state index >= 15 is 0 Å². The average molecular weight is 1730 g/mol. The van der Waals surface area contributed by atoms with E-state index < -0.39 is 0 Å². The Kier molecular flexibility index (Phi) is 19.1. The highest BCUT2D eigenvalue weighted by Gasteiger charge is 2.29. The number of benzene rings is 19. The summed E-state index contributed by atoms with van der Waals surface area (Å²) in [6, 6.07) is 161. The zero-order chi connectivity index (χ0) is 90.4. The van der Waals surface area contributed by atoms with E-state index in [1.54, 1.807) is 0 Å². The van der Waals surface area contributed by atoms with E-state index in [1.165, 1.54) is 0 Å². The molecule has 19 aromatic carbocycles. The number of hydrogen-bond donors (Lipinski definition) is 0. The molecule has 0 fully saturated rings. The molecule has 0 saturated carbocycles. The lowest BCUT2D eigenvalue weighted by Gasteiger charge is -2.18. The van der Waals surface area contributed by atoms with Crippen LogP contribution >= 0.6 is 0 Å². The van der Waals surface area contributed by atoms with Crippen molar-refractivity contribution in [3.8, 4) is 176 Å². The molecule has 0 N–H and O–H groups in total. The number of hydrogen-bond acceptors (Lipinski definition) is 9. The van der Waals surface area contributed by atoms with Crippen LogP contribution in [0.3, 0.4) is 0 Å². The summed E-state index contributed by atoms with van der Waals surface area (Å²) in [6.45, 7) is 0. The van der Waals surface area contributed by atoms with E-state index in [-0.39, 0.29) is 0 Å². The Labute approximate surface area is 781 Å². The van der Waals surface area contributed by atoms with E-state index in [1.807, 2.05) is 164 Å². The van der Waals surface area contributed by atoms with Crippen LogP contribution in [-0.4, -0.2) is 48.2 Å². The minimum atomic E-state index is 0.464. The molecule has 25 rings (SSSR count). The highest BCUT2D eigenvalue weighted by atomic mass is 15.1. The van der Waals surface area contributed by atoms with Gasteiger partial charge in [-0.2, -0.15) is 15.8 Å². The van der Waals surface area contributed by atoms with Crippen molar-refractivity contribution >= 4 is 87.2 Å². The second-order valence-corrected chi connectivity index (χ2v) is 34.1. The van der Waals surface area contributed by atoms with Crippen molar-refractivity contribution in [2.45, 2.75) is 0 Å². The zero-order valence-electron chi connectivity index (χ0n) is 73.0. The Hall–Kier alpha value is -19.1. The molecule has 0 saturated heterocycles. The van der Waals surface area contributed by atoms with Gasteiger partial charge in [0, 0.05) is 93.4 Å². The van der Waals surface area contributed by atoms with Gasteiger partial charge >= 0.3 is 0 Å². The Balaban J connectivity index is 0.710. The van der Waals surface area contributed by atoms with Crippen LogP contribution in [0.5, 0.6) is 0 Å². The molecule has 6 heterocycles. The summed E-state index contributed by atoms with van der Waals surface area (Å²) in [5.41, 5.74) is 29.3. The smallest absolute Gasteiger partial charge is 0.166 e. The summed E-state index contributed by atoms with van der Waals surface area (Å²) in [6.07, 6.45) is 0. The Bertz CT molecular complexity index is 9090. The van der Waals surface area contributed by atoms with Crippen LogP contribution in [0.4, 0.5) is 0 Å². The van der Waals surface area contributed by atoms with Gasteiger partial charge in [0.05, 0.1) is 90.4 Å². The van der Waals surface area contributed by atoms with E-state index in [2.05, 4.69) is 316 Å². The fourth-order valence-electron chi connectivity index (χ4n) is 20.1. The minimum Gasteiger partial charge on any atom is -0.309 e. The number of nitriles is 3. The molecule has 0 aliphatic heterocycles. The molecule has 0 unspecified atom stereocenters. The number of nitrogens with zero attached hydrogens (tertiary/aromatic N) is 13. The summed E-state index contributed by atoms with van der Waals surface area (Å²) in [5, 5.41) is 40.3. The first-order valence-corrected chi connectivity index (χ1v) is 45.2. The molecule has 6 aromatic heterocycles. The summed E-state index contributed by atoms with van der Waals surface area (Å²) in [7, 11) is 0. The molecule has 13 heteroatoms. The molecule has 0 bridgehead atoms. The molecule has 0 radical (unpaired) electrons. The molecule has 0 amide bonds. The lowest BCUT2D eigenvalue weighted by atomic mass is 9.90. The molecule has 0 aliphatic rings. The van der Waals surface area contributed by atoms with Crippen LogP contribution in [-0.2, 0) is 0 Å². The van der Waals surface area contributed by atoms with Gasteiger partial charge in [0.15, 0.2) is 34.9 Å². The topological polar surface area (TPSA) is 168 Å². The quantitative estimate of drug-likeness (QED) is 0.0914. The first-order chi connectivity index (χ1) is 67.3. The van der Waals surface area contributed by atoms with Crippen LogP contribution in [0.25, 0.3) is 245 Å². The molecule has 0 atom stereocenters. The van der Waals surface area contributed by atoms with Crippen molar-refractivity contribution in [1.82, 2.24) is 48.2 Å². The summed E-state index contributed by atoms with van der Waals surface area (Å²) >= 11 is 0. The van der Waals surface area contributed by atoms with Gasteiger partial charge < -0.3 is 18.3 Å². The van der Waals surface area contributed by atoms with E-state index in [4.69, 9.17) is 29.9 Å². The van der Waals surface area contributed by atoms with Crippen molar-refractivity contribution in [1.29, 1.82) is 15.8 Å². The van der Waals surface area contributed by atoms with Gasteiger partial charge in [-0.15, -0.1) is 0 Å². The first kappa shape index (κ1) is 79.1. The van der Waals surface area contributed by atoms with E-state index in [0.29, 0.717) is 51.6 Å². The fourth-order valence-corrected chi connectivity index (χ4v) is 20.1. The molecule has 136 heavy (non-hydrogen) atoms. The Morgan fingerprint density at radius 3 is 0.978 bits per heavy atom. The van der Waals surface area contributed by atoms with Crippen LogP contribution in [0.2, 0.25) is 0 Å². The molecule has 630 valence electrons. The van der Waals surface area contributed by atoms with Crippen LogP contribution in [0.15, 0.2) is 443 Å². The molecule has 0 spiro atoms. The van der Waals surface area contributed by atoms with E-state index in [0.717, 1.165) is 210 Å². The maximum absolute atomic E-state index is 10.9. The number of fused-ring (bicyclic) bond motifs is 12. The lowest BCUT2D eigenvalue weighted by molar-refractivity contribution is 1.06. The monoisotopic (exact) mass is 1730 g/mol. The van der Waals surface area contributed by atoms with Crippen LogP contribution in [0, 0.1) is 34.0 Å². The molecular weight excluding hydrogens is 1660 g/mol. The summed E-state index contributed by atoms with van der Waals surface area (Å²) in [4.78, 5) is 32.6. The number of para-hydroxylation sites is 5. The van der Waals surface area contributed by atoms with Crippen LogP contribution < -0.4 is 0 Å². The minimum absolute atomic E-state index is 0.464. The standard InChI is InChI=1S/C123H73N13/c124-74-77-29-27-40-86(65-77)99-73-116-105(96-48-24-26-52-109(96)136(116)115-62-56-84(82-53-59-110-101(66-82)95-47-23-25-51-108(95)133(110)91-41-15-5-16-42-91)69-107(115)123-131-120(80-34-11-3-12-35-80)128-121(132-123)81-36-13-4-14-37-81)72-100(99)97-49-28-50-98-102-67-83(54-60-111(102)134(117(97)98)92-43-17-6-18-44-92)85-55-61-114(106(68-85)122-129-118(78-30-7-1-8-31-78)127-119(130-122)79-32-9-2-10-33-79)135-112-63-57-87(93-45-21-19-38-89(93)75-125)70-103(112)104-71-88(58-64-113(104)135)94-46-22-20-39-90(94)76-126/h1-73H. The molecule has 25 aromatic rings. The van der Waals surface area contributed by atoms with Crippen molar-refractivity contribution in [3.63, 3.8) is 0 Å². The zero-order valence-corrected chi connectivity index (χ0v) is 73.0. The van der Waals surface area contributed by atoms with Gasteiger partial charge in [0.1, 0.15) is 0 Å². The lowest BCUT2D eigenvalue weighted by Crippen LogP contribution is -2.04. The predicted molar refractivity (Wildman–Crippen MR) is 550 cm³/mol. The molecule has 13 nitrogen and oxygen atoms in total. The van der Waals surface area contributed by atoms with Crippen molar-refractivity contribution < 1.29 is 0 Å². The maximum atomic E-state index is 10.9. The second kappa shape index (κ2) is 32.8. The Morgan fingerprint density at radius 1 is 0.169 bits per heavy atom. The SMILES string of the molecule is N#Cc1cccc(-c2cc3c(cc2-c2cccc4c5cc(-c6ccc(-n7c8ccc(-c9ccccc9C#N)cc8c8cc(-c9ccccc9C#N)ccc87)c(-c7nc(-c8ccccc8)nc(-c8ccccc8)n7)c6)ccc5n(-c5ccccc5)c24)c2ccccc2n3-c2ccc(-c3ccc4c(c3)c3ccccc3n4-c3ccccc3)cc2-c2nc(-c3ccccc3)nc(-c3ccccc3)n2)c1. The van der Waals surface area contributed by atoms with Crippen molar-refractivity contribution in [2.24, 2.45) is 0 Å². The van der Waals surface area contributed by atoms with Gasteiger partial charge in [0.2, 0.25) is 0 Å². The number of rotatable bonds is 16. The Morgan fingerprint density at radius 2 is 0.493 bits per heavy atom. The van der Waals surface area contributed by atoms with Gasteiger partial charge in [-0.25, -0.2) is 29.9 Å². The largest absolute Gasteiger partial charge is 0.309 e. The van der Waals surface area contributed by atoms with Crippen molar-refractivity contribution in [2.75, 3.05) is 0 Å².